The summed E-state index contributed by atoms with van der Waals surface area (Å²) in [7, 11) is 2.90. The molecule has 0 fully saturated rings. The van der Waals surface area contributed by atoms with Crippen LogP contribution in [0, 0.1) is 0 Å². The summed E-state index contributed by atoms with van der Waals surface area (Å²) in [6.45, 7) is 3.89. The predicted octanol–water partition coefficient (Wildman–Crippen LogP) is 4.09. The Labute approximate surface area is 147 Å². The fourth-order valence-corrected chi connectivity index (χ4v) is 2.25. The first kappa shape index (κ1) is 18.4. The molecule has 0 radical (unpaired) electrons. The lowest BCUT2D eigenvalue weighted by atomic mass is 10.1. The van der Waals surface area contributed by atoms with Gasteiger partial charge in [0.2, 0.25) is 5.75 Å². The summed E-state index contributed by atoms with van der Waals surface area (Å²) in [6, 6.07) is 10.2. The summed E-state index contributed by atoms with van der Waals surface area (Å²) in [5.74, 6) is 1.07. The molecule has 0 aliphatic carbocycles. The number of carbonyl (C=O) groups is 1. The second kappa shape index (κ2) is 8.24. The topological polar surface area (TPSA) is 65.0 Å². The fourth-order valence-electron chi connectivity index (χ4n) is 2.25. The van der Waals surface area contributed by atoms with E-state index in [0.29, 0.717) is 11.1 Å². The van der Waals surface area contributed by atoms with Crippen molar-refractivity contribution in [2.75, 3.05) is 14.2 Å². The van der Waals surface area contributed by atoms with E-state index in [1.165, 1.54) is 20.3 Å². The van der Waals surface area contributed by atoms with Crippen LogP contribution in [0.3, 0.4) is 0 Å². The van der Waals surface area contributed by atoms with Gasteiger partial charge in [-0.25, -0.2) is 0 Å². The van der Waals surface area contributed by atoms with Crippen LogP contribution in [0.1, 0.15) is 29.8 Å². The normalized spacial score (nSPS) is 10.9. The van der Waals surface area contributed by atoms with Crippen LogP contribution in [0.2, 0.25) is 0 Å². The van der Waals surface area contributed by atoms with Crippen LogP contribution in [-0.4, -0.2) is 31.2 Å². The number of ketones is 1. The maximum atomic E-state index is 12.3. The molecule has 0 aromatic heterocycles. The first-order valence-electron chi connectivity index (χ1n) is 7.88. The number of benzene rings is 2. The molecule has 0 spiro atoms. The number of allylic oxidation sites excluding steroid dienone is 1. The van der Waals surface area contributed by atoms with Gasteiger partial charge in [-0.3, -0.25) is 4.79 Å². The summed E-state index contributed by atoms with van der Waals surface area (Å²) in [5, 5.41) is 9.90. The Balaban J connectivity index is 2.17. The molecule has 0 saturated heterocycles. The molecule has 0 aliphatic heterocycles. The first-order valence-corrected chi connectivity index (χ1v) is 7.88. The number of rotatable bonds is 7. The van der Waals surface area contributed by atoms with Gasteiger partial charge in [0.05, 0.1) is 20.3 Å². The van der Waals surface area contributed by atoms with E-state index in [1.807, 2.05) is 13.8 Å². The van der Waals surface area contributed by atoms with E-state index in [2.05, 4.69) is 0 Å². The SMILES string of the molecule is COc1cc(/C=C/C(=O)c2ccc(OC(C)C)cc2)cc(OC)c1O. The maximum absolute atomic E-state index is 12.3. The lowest BCUT2D eigenvalue weighted by Gasteiger charge is -2.10. The van der Waals surface area contributed by atoms with Gasteiger partial charge in [-0.1, -0.05) is 6.08 Å². The molecule has 2 aromatic carbocycles. The van der Waals surface area contributed by atoms with Crippen molar-refractivity contribution >= 4 is 11.9 Å². The van der Waals surface area contributed by atoms with Gasteiger partial charge in [0.15, 0.2) is 17.3 Å². The van der Waals surface area contributed by atoms with Gasteiger partial charge in [-0.15, -0.1) is 0 Å². The molecular weight excluding hydrogens is 320 g/mol. The van der Waals surface area contributed by atoms with E-state index in [4.69, 9.17) is 14.2 Å². The highest BCUT2D eigenvalue weighted by atomic mass is 16.5. The number of methoxy groups -OCH3 is 2. The van der Waals surface area contributed by atoms with Crippen molar-refractivity contribution in [1.29, 1.82) is 0 Å². The monoisotopic (exact) mass is 342 g/mol. The van der Waals surface area contributed by atoms with Crippen LogP contribution < -0.4 is 14.2 Å². The average Bonchev–Trinajstić information content (AvgIpc) is 2.60. The fraction of sp³-hybridized carbons (Fsp3) is 0.250. The Morgan fingerprint density at radius 2 is 1.60 bits per heavy atom. The Morgan fingerprint density at radius 1 is 1.04 bits per heavy atom. The van der Waals surface area contributed by atoms with E-state index >= 15 is 0 Å². The molecule has 0 aliphatic rings. The molecule has 0 saturated carbocycles. The minimum absolute atomic E-state index is 0.0748. The van der Waals surface area contributed by atoms with Crippen LogP contribution >= 0.6 is 0 Å². The standard InChI is InChI=1S/C20H22O5/c1-13(2)25-16-8-6-15(7-9-16)17(21)10-5-14-11-18(23-3)20(22)19(12-14)24-4/h5-13,22H,1-4H3/b10-5+. The number of phenolic OH excluding ortho intramolecular Hbond substituents is 1. The minimum Gasteiger partial charge on any atom is -0.502 e. The molecule has 1 N–H and O–H groups in total. The van der Waals surface area contributed by atoms with Gasteiger partial charge < -0.3 is 19.3 Å². The third-order valence-corrected chi connectivity index (χ3v) is 3.44. The molecule has 0 bridgehead atoms. The van der Waals surface area contributed by atoms with Crippen molar-refractivity contribution in [3.63, 3.8) is 0 Å². The zero-order chi connectivity index (χ0) is 18.4. The molecule has 2 aromatic rings. The Kier molecular flexibility index (Phi) is 6.06. The number of carbonyl (C=O) groups excluding carboxylic acids is 1. The van der Waals surface area contributed by atoms with Crippen molar-refractivity contribution in [3.05, 3.63) is 53.6 Å². The summed E-state index contributed by atoms with van der Waals surface area (Å²) < 4.78 is 15.8. The first-order chi connectivity index (χ1) is 11.9. The Morgan fingerprint density at radius 3 is 2.08 bits per heavy atom. The summed E-state index contributed by atoms with van der Waals surface area (Å²) >= 11 is 0. The van der Waals surface area contributed by atoms with E-state index in [-0.39, 0.29) is 29.1 Å². The summed E-state index contributed by atoms with van der Waals surface area (Å²) in [4.78, 5) is 12.3. The van der Waals surface area contributed by atoms with Crippen molar-refractivity contribution in [3.8, 4) is 23.0 Å². The molecule has 0 heterocycles. The van der Waals surface area contributed by atoms with Crippen molar-refractivity contribution in [2.45, 2.75) is 20.0 Å². The number of aromatic hydroxyl groups is 1. The average molecular weight is 342 g/mol. The summed E-state index contributed by atoms with van der Waals surface area (Å²) in [6.07, 6.45) is 3.19. The van der Waals surface area contributed by atoms with Crippen LogP contribution in [0.25, 0.3) is 6.08 Å². The lowest BCUT2D eigenvalue weighted by molar-refractivity contribution is 0.104. The number of hydrogen-bond acceptors (Lipinski definition) is 5. The van der Waals surface area contributed by atoms with Crippen LogP contribution in [0.5, 0.6) is 23.0 Å². The highest BCUT2D eigenvalue weighted by molar-refractivity contribution is 6.06. The van der Waals surface area contributed by atoms with Gasteiger partial charge in [0, 0.05) is 5.56 Å². The van der Waals surface area contributed by atoms with Crippen LogP contribution in [0.4, 0.5) is 0 Å². The second-order valence-corrected chi connectivity index (χ2v) is 5.66. The van der Waals surface area contributed by atoms with E-state index < -0.39 is 0 Å². The van der Waals surface area contributed by atoms with E-state index in [9.17, 15) is 9.90 Å². The quantitative estimate of drug-likeness (QED) is 0.606. The Hall–Kier alpha value is -2.95. The highest BCUT2D eigenvalue weighted by Gasteiger charge is 2.10. The van der Waals surface area contributed by atoms with Crippen LogP contribution in [-0.2, 0) is 0 Å². The largest absolute Gasteiger partial charge is 0.502 e. The third kappa shape index (κ3) is 4.76. The summed E-state index contributed by atoms with van der Waals surface area (Å²) in [5.41, 5.74) is 1.24. The van der Waals surface area contributed by atoms with Gasteiger partial charge in [-0.2, -0.15) is 0 Å². The van der Waals surface area contributed by atoms with Crippen molar-refractivity contribution in [1.82, 2.24) is 0 Å². The smallest absolute Gasteiger partial charge is 0.200 e. The van der Waals surface area contributed by atoms with Crippen molar-refractivity contribution in [2.24, 2.45) is 0 Å². The molecule has 2 rings (SSSR count). The molecule has 5 nitrogen and oxygen atoms in total. The van der Waals surface area contributed by atoms with Gasteiger partial charge >= 0.3 is 0 Å². The van der Waals surface area contributed by atoms with Crippen LogP contribution in [0.15, 0.2) is 42.5 Å². The molecule has 132 valence electrons. The molecule has 25 heavy (non-hydrogen) atoms. The van der Waals surface area contributed by atoms with E-state index in [0.717, 1.165) is 5.75 Å². The maximum Gasteiger partial charge on any atom is 0.200 e. The number of hydrogen-bond donors (Lipinski definition) is 1. The molecule has 0 unspecified atom stereocenters. The minimum atomic E-state index is -0.137. The van der Waals surface area contributed by atoms with Gasteiger partial charge in [-0.05, 0) is 61.9 Å². The highest BCUT2D eigenvalue weighted by Crippen LogP contribution is 2.37. The zero-order valence-corrected chi connectivity index (χ0v) is 14.8. The zero-order valence-electron chi connectivity index (χ0n) is 14.8. The Bertz CT molecular complexity index is 735. The second-order valence-electron chi connectivity index (χ2n) is 5.66. The van der Waals surface area contributed by atoms with E-state index in [1.54, 1.807) is 42.5 Å². The van der Waals surface area contributed by atoms with Gasteiger partial charge in [0.25, 0.3) is 0 Å². The van der Waals surface area contributed by atoms with Crippen molar-refractivity contribution < 1.29 is 24.1 Å². The molecule has 0 amide bonds. The van der Waals surface area contributed by atoms with Gasteiger partial charge in [0.1, 0.15) is 5.75 Å². The number of ether oxygens (including phenoxy) is 3. The molecular formula is C20H22O5. The molecule has 0 atom stereocenters. The third-order valence-electron chi connectivity index (χ3n) is 3.44. The molecule has 5 heteroatoms. The predicted molar refractivity (Wildman–Crippen MR) is 96.8 cm³/mol. The lowest BCUT2D eigenvalue weighted by Crippen LogP contribution is -2.05. The number of phenols is 1.